The summed E-state index contributed by atoms with van der Waals surface area (Å²) in [7, 11) is 0. The molecule has 0 heterocycles. The fourth-order valence-electron chi connectivity index (χ4n) is 2.15. The predicted molar refractivity (Wildman–Crippen MR) is 90.2 cm³/mol. The van der Waals surface area contributed by atoms with E-state index in [2.05, 4.69) is 36.3 Å². The van der Waals surface area contributed by atoms with Gasteiger partial charge in [0.1, 0.15) is 0 Å². The number of hydrogen-bond acceptors (Lipinski definition) is 3. The number of hydrogen-bond donors (Lipinski definition) is 3. The van der Waals surface area contributed by atoms with Crippen molar-refractivity contribution in [1.82, 2.24) is 15.5 Å². The molecule has 1 unspecified atom stereocenters. The lowest BCUT2D eigenvalue weighted by Crippen LogP contribution is -2.43. The SMILES string of the molecule is CCN(CCNC(=O)NCC(O)c1ccc(Cl)cc1)C(C)C. The van der Waals surface area contributed by atoms with Crippen LogP contribution in [-0.4, -0.2) is 48.3 Å². The number of likely N-dealkylation sites (N-methyl/N-ethyl adjacent to an activating group) is 1. The number of aliphatic hydroxyl groups excluding tert-OH is 1. The summed E-state index contributed by atoms with van der Waals surface area (Å²) in [6, 6.07) is 7.11. The Balaban J connectivity index is 2.26. The summed E-state index contributed by atoms with van der Waals surface area (Å²) in [5.41, 5.74) is 0.724. The Hall–Kier alpha value is -1.30. The van der Waals surface area contributed by atoms with E-state index in [0.717, 1.165) is 18.7 Å². The zero-order valence-electron chi connectivity index (χ0n) is 13.5. The van der Waals surface area contributed by atoms with E-state index in [1.807, 2.05) is 0 Å². The molecule has 1 rings (SSSR count). The van der Waals surface area contributed by atoms with Crippen LogP contribution in [0.1, 0.15) is 32.4 Å². The lowest BCUT2D eigenvalue weighted by atomic mass is 10.1. The van der Waals surface area contributed by atoms with E-state index in [0.29, 0.717) is 17.6 Å². The van der Waals surface area contributed by atoms with Crippen molar-refractivity contribution in [2.75, 3.05) is 26.2 Å². The molecular formula is C16H26ClN3O2. The van der Waals surface area contributed by atoms with E-state index in [4.69, 9.17) is 11.6 Å². The van der Waals surface area contributed by atoms with E-state index in [-0.39, 0.29) is 12.6 Å². The predicted octanol–water partition coefficient (Wildman–Crippen LogP) is 2.40. The molecule has 0 aliphatic heterocycles. The standard InChI is InChI=1S/C16H26ClN3O2/c1-4-20(12(2)3)10-9-18-16(22)19-11-15(21)13-5-7-14(17)8-6-13/h5-8,12,15,21H,4,9-11H2,1-3H3,(H2,18,19,22). The van der Waals surface area contributed by atoms with Gasteiger partial charge in [0.05, 0.1) is 6.10 Å². The van der Waals surface area contributed by atoms with Gasteiger partial charge in [0.2, 0.25) is 0 Å². The average Bonchev–Trinajstić information content (AvgIpc) is 2.49. The van der Waals surface area contributed by atoms with Crippen LogP contribution in [0.25, 0.3) is 0 Å². The van der Waals surface area contributed by atoms with Gasteiger partial charge in [-0.3, -0.25) is 4.90 Å². The molecule has 6 heteroatoms. The van der Waals surface area contributed by atoms with Gasteiger partial charge in [-0.25, -0.2) is 4.79 Å². The van der Waals surface area contributed by atoms with Crippen LogP contribution in [0.3, 0.4) is 0 Å². The average molecular weight is 328 g/mol. The Morgan fingerprint density at radius 2 is 1.91 bits per heavy atom. The molecule has 0 aromatic heterocycles. The van der Waals surface area contributed by atoms with Crippen molar-refractivity contribution in [3.05, 3.63) is 34.9 Å². The first-order valence-corrected chi connectivity index (χ1v) is 8.01. The van der Waals surface area contributed by atoms with Crippen molar-refractivity contribution in [3.63, 3.8) is 0 Å². The van der Waals surface area contributed by atoms with Gasteiger partial charge in [-0.2, -0.15) is 0 Å². The molecule has 0 saturated heterocycles. The Labute approximate surface area is 137 Å². The third-order valence-corrected chi connectivity index (χ3v) is 3.78. The Bertz CT molecular complexity index is 451. The molecule has 5 nitrogen and oxygen atoms in total. The quantitative estimate of drug-likeness (QED) is 0.687. The van der Waals surface area contributed by atoms with Gasteiger partial charge in [0, 0.05) is 30.7 Å². The smallest absolute Gasteiger partial charge is 0.314 e. The summed E-state index contributed by atoms with van der Waals surface area (Å²) in [5.74, 6) is 0. The summed E-state index contributed by atoms with van der Waals surface area (Å²) in [4.78, 5) is 14.0. The van der Waals surface area contributed by atoms with Crippen LogP contribution in [-0.2, 0) is 0 Å². The monoisotopic (exact) mass is 327 g/mol. The minimum atomic E-state index is -0.745. The lowest BCUT2D eigenvalue weighted by Gasteiger charge is -2.24. The molecule has 22 heavy (non-hydrogen) atoms. The van der Waals surface area contributed by atoms with Crippen molar-refractivity contribution < 1.29 is 9.90 Å². The summed E-state index contributed by atoms with van der Waals surface area (Å²) in [6.45, 7) is 8.86. The molecule has 2 amide bonds. The fraction of sp³-hybridized carbons (Fsp3) is 0.562. The molecule has 0 fully saturated rings. The van der Waals surface area contributed by atoms with Crippen LogP contribution in [0.4, 0.5) is 4.79 Å². The largest absolute Gasteiger partial charge is 0.387 e. The Morgan fingerprint density at radius 3 is 2.45 bits per heavy atom. The highest BCUT2D eigenvalue weighted by Crippen LogP contribution is 2.15. The molecule has 3 N–H and O–H groups in total. The zero-order valence-corrected chi connectivity index (χ0v) is 14.2. The van der Waals surface area contributed by atoms with E-state index in [1.54, 1.807) is 24.3 Å². The van der Waals surface area contributed by atoms with Crippen LogP contribution >= 0.6 is 11.6 Å². The molecule has 0 bridgehead atoms. The van der Waals surface area contributed by atoms with Crippen molar-refractivity contribution >= 4 is 17.6 Å². The summed E-state index contributed by atoms with van der Waals surface area (Å²) in [5, 5.41) is 16.1. The molecule has 0 aliphatic rings. The van der Waals surface area contributed by atoms with Crippen LogP contribution in [0.15, 0.2) is 24.3 Å². The number of rotatable bonds is 8. The molecule has 0 spiro atoms. The Morgan fingerprint density at radius 1 is 1.27 bits per heavy atom. The third kappa shape index (κ3) is 6.64. The number of nitrogens with one attached hydrogen (secondary N) is 2. The highest BCUT2D eigenvalue weighted by Gasteiger charge is 2.10. The van der Waals surface area contributed by atoms with Crippen LogP contribution in [0.2, 0.25) is 5.02 Å². The normalized spacial score (nSPS) is 12.5. The highest BCUT2D eigenvalue weighted by atomic mass is 35.5. The first-order valence-electron chi connectivity index (χ1n) is 7.63. The topological polar surface area (TPSA) is 64.6 Å². The second-order valence-electron chi connectivity index (χ2n) is 5.43. The number of carbonyl (C=O) groups excluding carboxylic acids is 1. The van der Waals surface area contributed by atoms with Gasteiger partial charge >= 0.3 is 6.03 Å². The van der Waals surface area contributed by atoms with Crippen molar-refractivity contribution in [3.8, 4) is 0 Å². The summed E-state index contributed by atoms with van der Waals surface area (Å²) < 4.78 is 0. The van der Waals surface area contributed by atoms with Crippen LogP contribution in [0.5, 0.6) is 0 Å². The van der Waals surface area contributed by atoms with E-state index < -0.39 is 6.10 Å². The summed E-state index contributed by atoms with van der Waals surface area (Å²) >= 11 is 5.80. The number of carbonyl (C=O) groups is 1. The lowest BCUT2D eigenvalue weighted by molar-refractivity contribution is 0.172. The van der Waals surface area contributed by atoms with Gasteiger partial charge in [-0.05, 0) is 38.1 Å². The number of amides is 2. The van der Waals surface area contributed by atoms with Gasteiger partial charge in [0.15, 0.2) is 0 Å². The molecule has 1 atom stereocenters. The second-order valence-corrected chi connectivity index (χ2v) is 5.86. The summed E-state index contributed by atoms with van der Waals surface area (Å²) in [6.07, 6.45) is -0.745. The molecule has 0 saturated carbocycles. The minimum Gasteiger partial charge on any atom is -0.387 e. The van der Waals surface area contributed by atoms with Crippen molar-refractivity contribution in [2.45, 2.75) is 32.9 Å². The molecule has 124 valence electrons. The molecule has 1 aromatic rings. The molecular weight excluding hydrogens is 302 g/mol. The first-order chi connectivity index (χ1) is 10.4. The van der Waals surface area contributed by atoms with Gasteiger partial charge in [-0.15, -0.1) is 0 Å². The van der Waals surface area contributed by atoms with Crippen LogP contribution < -0.4 is 10.6 Å². The maximum Gasteiger partial charge on any atom is 0.314 e. The van der Waals surface area contributed by atoms with Crippen molar-refractivity contribution in [1.29, 1.82) is 0 Å². The zero-order chi connectivity index (χ0) is 16.5. The van der Waals surface area contributed by atoms with E-state index in [9.17, 15) is 9.90 Å². The number of benzene rings is 1. The number of aliphatic hydroxyl groups is 1. The third-order valence-electron chi connectivity index (χ3n) is 3.53. The number of nitrogens with zero attached hydrogens (tertiary/aromatic N) is 1. The number of urea groups is 1. The van der Waals surface area contributed by atoms with Gasteiger partial charge in [-0.1, -0.05) is 30.7 Å². The van der Waals surface area contributed by atoms with Crippen LogP contribution in [0, 0.1) is 0 Å². The fourth-order valence-corrected chi connectivity index (χ4v) is 2.28. The first kappa shape index (κ1) is 18.7. The maximum absolute atomic E-state index is 11.7. The highest BCUT2D eigenvalue weighted by molar-refractivity contribution is 6.30. The molecule has 0 aliphatic carbocycles. The molecule has 1 aromatic carbocycles. The van der Waals surface area contributed by atoms with Gasteiger partial charge < -0.3 is 15.7 Å². The van der Waals surface area contributed by atoms with E-state index >= 15 is 0 Å². The van der Waals surface area contributed by atoms with Crippen molar-refractivity contribution in [2.24, 2.45) is 0 Å². The Kier molecular flexibility index (Phi) is 8.24. The second kappa shape index (κ2) is 9.66. The van der Waals surface area contributed by atoms with Gasteiger partial charge in [0.25, 0.3) is 0 Å². The number of halogens is 1. The van der Waals surface area contributed by atoms with E-state index in [1.165, 1.54) is 0 Å². The minimum absolute atomic E-state index is 0.162. The molecule has 0 radical (unpaired) electrons. The maximum atomic E-state index is 11.7.